The standard InChI is InChI=1S/C17H14N2O3S/c1-10-13-7-8-23-17(13)19-16(21)15(10)14(20)6-4-11-3-5-12(22-2)9-18-11/h3-9H,1-2H3,(H,19,21)/b6-4+. The molecule has 1 N–H and O–H groups in total. The molecule has 0 bridgehead atoms. The molecule has 3 aromatic rings. The largest absolute Gasteiger partial charge is 0.495 e. The number of hydrogen-bond acceptors (Lipinski definition) is 5. The molecule has 0 saturated heterocycles. The van der Waals surface area contributed by atoms with Gasteiger partial charge in [0.2, 0.25) is 0 Å². The Labute approximate surface area is 136 Å². The topological polar surface area (TPSA) is 72.1 Å². The smallest absolute Gasteiger partial charge is 0.260 e. The van der Waals surface area contributed by atoms with Crippen LogP contribution in [0.5, 0.6) is 5.75 Å². The van der Waals surface area contributed by atoms with Gasteiger partial charge in [-0.05, 0) is 48.2 Å². The summed E-state index contributed by atoms with van der Waals surface area (Å²) in [6, 6.07) is 5.39. The number of ether oxygens (including phenoxy) is 1. The summed E-state index contributed by atoms with van der Waals surface area (Å²) in [6.07, 6.45) is 4.52. The number of aryl methyl sites for hydroxylation is 1. The van der Waals surface area contributed by atoms with E-state index in [1.807, 2.05) is 11.4 Å². The average molecular weight is 326 g/mol. The molecule has 3 aromatic heterocycles. The number of carbonyl (C=O) groups excluding carboxylic acids is 1. The SMILES string of the molecule is COc1ccc(/C=C/C(=O)c2c(C)c3ccsc3[nH]c2=O)nc1. The van der Waals surface area contributed by atoms with E-state index in [0.29, 0.717) is 17.0 Å². The van der Waals surface area contributed by atoms with Crippen LogP contribution in [0, 0.1) is 6.92 Å². The summed E-state index contributed by atoms with van der Waals surface area (Å²) in [5.74, 6) is 0.304. The average Bonchev–Trinajstić information content (AvgIpc) is 3.02. The Hall–Kier alpha value is -2.73. The maximum absolute atomic E-state index is 12.4. The van der Waals surface area contributed by atoms with Crippen molar-refractivity contribution in [2.45, 2.75) is 6.92 Å². The molecule has 0 amide bonds. The number of rotatable bonds is 4. The minimum Gasteiger partial charge on any atom is -0.495 e. The lowest BCUT2D eigenvalue weighted by atomic mass is 10.0. The highest BCUT2D eigenvalue weighted by Gasteiger charge is 2.15. The molecule has 116 valence electrons. The minimum atomic E-state index is -0.366. The van der Waals surface area contributed by atoms with E-state index in [1.165, 1.54) is 17.4 Å². The second-order valence-electron chi connectivity index (χ2n) is 4.94. The molecule has 0 unspecified atom stereocenters. The van der Waals surface area contributed by atoms with Gasteiger partial charge in [-0.25, -0.2) is 0 Å². The molecular weight excluding hydrogens is 312 g/mol. The van der Waals surface area contributed by atoms with Crippen molar-refractivity contribution >= 4 is 33.4 Å². The zero-order chi connectivity index (χ0) is 16.4. The highest BCUT2D eigenvalue weighted by molar-refractivity contribution is 7.16. The van der Waals surface area contributed by atoms with Crippen molar-refractivity contribution in [3.63, 3.8) is 0 Å². The van der Waals surface area contributed by atoms with Crippen LogP contribution in [0.4, 0.5) is 0 Å². The van der Waals surface area contributed by atoms with E-state index in [2.05, 4.69) is 9.97 Å². The lowest BCUT2D eigenvalue weighted by Crippen LogP contribution is -2.18. The van der Waals surface area contributed by atoms with Crippen molar-refractivity contribution in [3.8, 4) is 5.75 Å². The molecule has 3 rings (SSSR count). The molecule has 0 atom stereocenters. The third-order valence-electron chi connectivity index (χ3n) is 3.55. The number of allylic oxidation sites excluding steroid dienone is 1. The summed E-state index contributed by atoms with van der Waals surface area (Å²) in [6.45, 7) is 1.79. The molecular formula is C17H14N2O3S. The third-order valence-corrected chi connectivity index (χ3v) is 4.37. The van der Waals surface area contributed by atoms with Gasteiger partial charge in [0, 0.05) is 5.39 Å². The lowest BCUT2D eigenvalue weighted by Gasteiger charge is -2.03. The Bertz CT molecular complexity index is 952. The highest BCUT2D eigenvalue weighted by Crippen LogP contribution is 2.22. The number of carbonyl (C=O) groups is 1. The first-order chi connectivity index (χ1) is 11.1. The normalized spacial score (nSPS) is 11.2. The summed E-state index contributed by atoms with van der Waals surface area (Å²) < 4.78 is 5.03. The predicted molar refractivity (Wildman–Crippen MR) is 91.3 cm³/mol. The van der Waals surface area contributed by atoms with Crippen LogP contribution in [0.1, 0.15) is 21.6 Å². The van der Waals surface area contributed by atoms with Gasteiger partial charge < -0.3 is 9.72 Å². The van der Waals surface area contributed by atoms with Gasteiger partial charge in [0.05, 0.1) is 24.6 Å². The van der Waals surface area contributed by atoms with Crippen LogP contribution >= 0.6 is 11.3 Å². The fourth-order valence-electron chi connectivity index (χ4n) is 2.32. The van der Waals surface area contributed by atoms with Gasteiger partial charge in [-0.3, -0.25) is 14.6 Å². The zero-order valence-corrected chi connectivity index (χ0v) is 13.4. The first-order valence-corrected chi connectivity index (χ1v) is 7.80. The van der Waals surface area contributed by atoms with Crippen LogP contribution in [0.2, 0.25) is 0 Å². The second kappa shape index (κ2) is 6.18. The summed E-state index contributed by atoms with van der Waals surface area (Å²) in [5, 5.41) is 2.79. The highest BCUT2D eigenvalue weighted by atomic mass is 32.1. The summed E-state index contributed by atoms with van der Waals surface area (Å²) in [7, 11) is 1.56. The van der Waals surface area contributed by atoms with Gasteiger partial charge in [-0.1, -0.05) is 0 Å². The van der Waals surface area contributed by atoms with Crippen LogP contribution in [-0.4, -0.2) is 22.9 Å². The van der Waals surface area contributed by atoms with E-state index in [0.717, 1.165) is 10.2 Å². The van der Waals surface area contributed by atoms with E-state index < -0.39 is 0 Å². The number of H-pyrrole nitrogens is 1. The molecule has 5 nitrogen and oxygen atoms in total. The van der Waals surface area contributed by atoms with Crippen LogP contribution in [-0.2, 0) is 0 Å². The molecule has 0 spiro atoms. The summed E-state index contributed by atoms with van der Waals surface area (Å²) in [5.41, 5.74) is 1.11. The van der Waals surface area contributed by atoms with E-state index in [9.17, 15) is 9.59 Å². The fraction of sp³-hybridized carbons (Fsp3) is 0.118. The number of methoxy groups -OCH3 is 1. The fourth-order valence-corrected chi connectivity index (χ4v) is 3.16. The van der Waals surface area contributed by atoms with Gasteiger partial charge in [-0.15, -0.1) is 11.3 Å². The summed E-state index contributed by atoms with van der Waals surface area (Å²) >= 11 is 1.44. The van der Waals surface area contributed by atoms with Crippen LogP contribution in [0.3, 0.4) is 0 Å². The Morgan fingerprint density at radius 3 is 2.87 bits per heavy atom. The lowest BCUT2D eigenvalue weighted by molar-refractivity contribution is 0.104. The van der Waals surface area contributed by atoms with Crippen LogP contribution in [0.15, 0.2) is 40.6 Å². The van der Waals surface area contributed by atoms with E-state index in [4.69, 9.17) is 4.74 Å². The van der Waals surface area contributed by atoms with Crippen molar-refractivity contribution in [2.75, 3.05) is 7.11 Å². The van der Waals surface area contributed by atoms with Crippen LogP contribution < -0.4 is 10.3 Å². The number of fused-ring (bicyclic) bond motifs is 1. The quantitative estimate of drug-likeness (QED) is 0.590. The van der Waals surface area contributed by atoms with E-state index in [1.54, 1.807) is 38.4 Å². The maximum atomic E-state index is 12.4. The second-order valence-corrected chi connectivity index (χ2v) is 5.85. The number of ketones is 1. The predicted octanol–water partition coefficient (Wildman–Crippen LogP) is 3.20. The molecule has 0 aliphatic carbocycles. The van der Waals surface area contributed by atoms with E-state index in [-0.39, 0.29) is 16.9 Å². The van der Waals surface area contributed by atoms with Crippen molar-refractivity contribution in [3.05, 3.63) is 63.0 Å². The minimum absolute atomic E-state index is 0.167. The Balaban J connectivity index is 1.93. The number of pyridine rings is 2. The van der Waals surface area contributed by atoms with Crippen molar-refractivity contribution in [1.82, 2.24) is 9.97 Å². The molecule has 0 fully saturated rings. The molecule has 0 radical (unpaired) electrons. The zero-order valence-electron chi connectivity index (χ0n) is 12.6. The first kappa shape index (κ1) is 15.2. The first-order valence-electron chi connectivity index (χ1n) is 6.92. The van der Waals surface area contributed by atoms with Gasteiger partial charge >= 0.3 is 0 Å². The van der Waals surface area contributed by atoms with Crippen molar-refractivity contribution in [1.29, 1.82) is 0 Å². The number of thiophene rings is 1. The van der Waals surface area contributed by atoms with Crippen molar-refractivity contribution in [2.24, 2.45) is 0 Å². The molecule has 0 saturated carbocycles. The van der Waals surface area contributed by atoms with Crippen molar-refractivity contribution < 1.29 is 9.53 Å². The Morgan fingerprint density at radius 2 is 2.17 bits per heavy atom. The summed E-state index contributed by atoms with van der Waals surface area (Å²) in [4.78, 5) is 32.2. The van der Waals surface area contributed by atoms with E-state index >= 15 is 0 Å². The third kappa shape index (κ3) is 2.93. The maximum Gasteiger partial charge on any atom is 0.260 e. The number of hydrogen-bond donors (Lipinski definition) is 1. The molecule has 0 aliphatic heterocycles. The Kier molecular flexibility index (Phi) is 4.08. The number of nitrogens with zero attached hydrogens (tertiary/aromatic N) is 1. The van der Waals surface area contributed by atoms with Gasteiger partial charge in [0.15, 0.2) is 5.78 Å². The monoisotopic (exact) mass is 326 g/mol. The molecule has 0 aliphatic rings. The Morgan fingerprint density at radius 1 is 1.35 bits per heavy atom. The number of aromatic nitrogens is 2. The molecule has 6 heteroatoms. The molecule has 23 heavy (non-hydrogen) atoms. The molecule has 0 aromatic carbocycles. The number of aromatic amines is 1. The van der Waals surface area contributed by atoms with Gasteiger partial charge in [0.1, 0.15) is 10.6 Å². The molecule has 3 heterocycles. The number of nitrogens with one attached hydrogen (secondary N) is 1. The van der Waals surface area contributed by atoms with Crippen LogP contribution in [0.25, 0.3) is 16.3 Å². The van der Waals surface area contributed by atoms with Gasteiger partial charge in [0.25, 0.3) is 5.56 Å². The van der Waals surface area contributed by atoms with Gasteiger partial charge in [-0.2, -0.15) is 0 Å².